The zero-order valence-electron chi connectivity index (χ0n) is 23.6. The van der Waals surface area contributed by atoms with Crippen LogP contribution in [0.3, 0.4) is 0 Å². The molecular formula is C35H29N3O5. The predicted molar refractivity (Wildman–Crippen MR) is 165 cm³/mol. The van der Waals surface area contributed by atoms with E-state index in [4.69, 9.17) is 9.47 Å². The molecule has 0 aliphatic carbocycles. The van der Waals surface area contributed by atoms with Crippen LogP contribution in [0.1, 0.15) is 21.5 Å². The average molecular weight is 572 g/mol. The van der Waals surface area contributed by atoms with Crippen molar-refractivity contribution in [3.8, 4) is 11.5 Å². The number of nitrogens with zero attached hydrogens (tertiary/aromatic N) is 1. The Kier molecular flexibility index (Phi) is 6.27. The van der Waals surface area contributed by atoms with Gasteiger partial charge < -0.3 is 25.0 Å². The summed E-state index contributed by atoms with van der Waals surface area (Å²) in [7, 11) is 3.03. The maximum absolute atomic E-state index is 14.9. The topological polar surface area (TPSA) is 97.0 Å². The van der Waals surface area contributed by atoms with Crippen LogP contribution < -0.4 is 25.0 Å². The Hall–Kier alpha value is -5.37. The summed E-state index contributed by atoms with van der Waals surface area (Å²) < 4.78 is 10.9. The molecule has 3 aliphatic rings. The van der Waals surface area contributed by atoms with Crippen LogP contribution in [0.4, 0.5) is 17.1 Å². The molecule has 4 aromatic carbocycles. The largest absolute Gasteiger partial charge is 0.493 e. The van der Waals surface area contributed by atoms with Crippen molar-refractivity contribution in [1.29, 1.82) is 0 Å². The first-order chi connectivity index (χ1) is 21.0. The molecule has 0 unspecified atom stereocenters. The summed E-state index contributed by atoms with van der Waals surface area (Å²) in [4.78, 5) is 45.8. The van der Waals surface area contributed by atoms with Gasteiger partial charge in [0.2, 0.25) is 11.8 Å². The molecule has 1 fully saturated rings. The van der Waals surface area contributed by atoms with Gasteiger partial charge >= 0.3 is 0 Å². The summed E-state index contributed by atoms with van der Waals surface area (Å²) >= 11 is 0. The Morgan fingerprint density at radius 1 is 0.860 bits per heavy atom. The van der Waals surface area contributed by atoms with E-state index in [2.05, 4.69) is 10.6 Å². The smallest absolute Gasteiger partial charge is 0.247 e. The molecule has 2 amide bonds. The molecule has 8 heteroatoms. The fraction of sp³-hybridized carbons (Fsp3) is 0.171. The molecule has 0 aromatic heterocycles. The summed E-state index contributed by atoms with van der Waals surface area (Å²) in [6.45, 7) is 0. The molecule has 8 nitrogen and oxygen atoms in total. The number of ether oxygens (including phenoxy) is 2. The van der Waals surface area contributed by atoms with Crippen LogP contribution in [0.2, 0.25) is 0 Å². The number of hydrogen-bond donors (Lipinski definition) is 2. The van der Waals surface area contributed by atoms with Crippen LogP contribution in [0, 0.1) is 5.92 Å². The Balaban J connectivity index is 1.48. The van der Waals surface area contributed by atoms with E-state index in [0.29, 0.717) is 34.0 Å². The van der Waals surface area contributed by atoms with Gasteiger partial charge in [-0.05, 0) is 53.6 Å². The number of methoxy groups -OCH3 is 2. The normalized spacial score (nSPS) is 22.8. The van der Waals surface area contributed by atoms with Gasteiger partial charge in [-0.15, -0.1) is 0 Å². The highest BCUT2D eigenvalue weighted by Gasteiger charge is 2.70. The van der Waals surface area contributed by atoms with Crippen molar-refractivity contribution in [2.45, 2.75) is 17.5 Å². The molecule has 214 valence electrons. The van der Waals surface area contributed by atoms with E-state index >= 15 is 0 Å². The molecule has 4 aromatic rings. The van der Waals surface area contributed by atoms with Crippen molar-refractivity contribution in [2.24, 2.45) is 5.92 Å². The summed E-state index contributed by atoms with van der Waals surface area (Å²) in [5.41, 5.74) is 2.51. The molecule has 7 rings (SSSR count). The maximum atomic E-state index is 14.9. The number of nitrogens with one attached hydrogen (secondary N) is 2. The van der Waals surface area contributed by atoms with Gasteiger partial charge in [-0.25, -0.2) is 0 Å². The van der Waals surface area contributed by atoms with Crippen LogP contribution in [-0.4, -0.2) is 43.9 Å². The Morgan fingerprint density at radius 3 is 2.37 bits per heavy atom. The van der Waals surface area contributed by atoms with Gasteiger partial charge in [-0.1, -0.05) is 66.7 Å². The first-order valence-electron chi connectivity index (χ1n) is 14.1. The van der Waals surface area contributed by atoms with E-state index in [-0.39, 0.29) is 17.6 Å². The molecule has 0 radical (unpaired) electrons. The third kappa shape index (κ3) is 3.86. The van der Waals surface area contributed by atoms with E-state index < -0.39 is 23.4 Å². The predicted octanol–water partition coefficient (Wildman–Crippen LogP) is 5.32. The monoisotopic (exact) mass is 571 g/mol. The van der Waals surface area contributed by atoms with Crippen molar-refractivity contribution in [2.75, 3.05) is 29.8 Å². The van der Waals surface area contributed by atoms with Crippen LogP contribution in [0.5, 0.6) is 11.5 Å². The summed E-state index contributed by atoms with van der Waals surface area (Å²) in [5.74, 6) is -1.29. The molecule has 43 heavy (non-hydrogen) atoms. The first kappa shape index (κ1) is 26.5. The van der Waals surface area contributed by atoms with Gasteiger partial charge in [0.15, 0.2) is 17.3 Å². The number of fused-ring (bicyclic) bond motifs is 6. The summed E-state index contributed by atoms with van der Waals surface area (Å²) in [6, 6.07) is 27.6. The number of Topliss-reactive ketones (excluding diaryl/α,β-unsaturated/α-hetero) is 1. The van der Waals surface area contributed by atoms with Gasteiger partial charge in [-0.2, -0.15) is 0 Å². The number of hydrogen-bond acceptors (Lipinski definition) is 6. The number of para-hydroxylation sites is 3. The molecule has 0 bridgehead atoms. The lowest BCUT2D eigenvalue weighted by atomic mass is 9.64. The molecular weight excluding hydrogens is 542 g/mol. The minimum Gasteiger partial charge on any atom is -0.493 e. The summed E-state index contributed by atoms with van der Waals surface area (Å²) in [5, 5.41) is 6.08. The number of carbonyl (C=O) groups is 3. The van der Waals surface area contributed by atoms with E-state index in [1.54, 1.807) is 30.3 Å². The second-order valence-electron chi connectivity index (χ2n) is 10.9. The molecule has 3 heterocycles. The van der Waals surface area contributed by atoms with Crippen LogP contribution in [0.15, 0.2) is 103 Å². The first-order valence-corrected chi connectivity index (χ1v) is 14.1. The van der Waals surface area contributed by atoms with Gasteiger partial charge in [0.25, 0.3) is 0 Å². The third-order valence-corrected chi connectivity index (χ3v) is 8.80. The van der Waals surface area contributed by atoms with Gasteiger partial charge in [0.05, 0.1) is 26.2 Å². The van der Waals surface area contributed by atoms with Gasteiger partial charge in [0.1, 0.15) is 11.5 Å². The van der Waals surface area contributed by atoms with Crippen LogP contribution in [0.25, 0.3) is 6.08 Å². The van der Waals surface area contributed by atoms with E-state index in [1.165, 1.54) is 14.2 Å². The van der Waals surface area contributed by atoms with Crippen LogP contribution >= 0.6 is 0 Å². The minimum absolute atomic E-state index is 0.314. The van der Waals surface area contributed by atoms with Crippen LogP contribution in [-0.2, 0) is 15.0 Å². The van der Waals surface area contributed by atoms with Crippen molar-refractivity contribution >= 4 is 40.7 Å². The molecule has 2 N–H and O–H groups in total. The zero-order valence-corrected chi connectivity index (χ0v) is 23.6. The van der Waals surface area contributed by atoms with Gasteiger partial charge in [0, 0.05) is 22.6 Å². The highest BCUT2D eigenvalue weighted by Crippen LogP contribution is 2.57. The quantitative estimate of drug-likeness (QED) is 0.304. The average Bonchev–Trinajstić information content (AvgIpc) is 3.53. The van der Waals surface area contributed by atoms with E-state index in [1.807, 2.05) is 83.8 Å². The Labute approximate surface area is 248 Å². The summed E-state index contributed by atoms with van der Waals surface area (Å²) in [6.07, 6.45) is 3.93. The Morgan fingerprint density at radius 2 is 1.58 bits per heavy atom. The fourth-order valence-corrected chi connectivity index (χ4v) is 7.03. The Bertz CT molecular complexity index is 1800. The maximum Gasteiger partial charge on any atom is 0.247 e. The number of amides is 2. The van der Waals surface area contributed by atoms with E-state index in [0.717, 1.165) is 11.3 Å². The van der Waals surface area contributed by atoms with E-state index in [9.17, 15) is 14.4 Å². The second-order valence-corrected chi connectivity index (χ2v) is 10.9. The van der Waals surface area contributed by atoms with Crippen molar-refractivity contribution in [3.63, 3.8) is 0 Å². The van der Waals surface area contributed by atoms with Crippen molar-refractivity contribution in [3.05, 3.63) is 120 Å². The lowest BCUT2D eigenvalue weighted by molar-refractivity contribution is -0.122. The van der Waals surface area contributed by atoms with Gasteiger partial charge in [-0.3, -0.25) is 14.4 Å². The zero-order chi connectivity index (χ0) is 29.7. The number of ketones is 1. The number of benzene rings is 4. The fourth-order valence-electron chi connectivity index (χ4n) is 7.03. The molecule has 3 aliphatic heterocycles. The van der Waals surface area contributed by atoms with Crippen molar-refractivity contribution in [1.82, 2.24) is 0 Å². The van der Waals surface area contributed by atoms with Crippen molar-refractivity contribution < 1.29 is 23.9 Å². The SMILES string of the molecule is COc1ccc(C(=O)[C@H]2[C@H](C(=O)Nc3ccccc3)N3c4ccccc4C=C[C@H]3[C@]23C(=O)Nc2ccccc23)cc1OC. The molecule has 1 spiro atoms. The number of carbonyl (C=O) groups excluding carboxylic acids is 3. The number of rotatable bonds is 6. The molecule has 1 saturated heterocycles. The minimum atomic E-state index is -1.40. The highest BCUT2D eigenvalue weighted by molar-refractivity contribution is 6.17. The number of anilines is 3. The third-order valence-electron chi connectivity index (χ3n) is 8.80. The molecule has 4 atom stereocenters. The highest BCUT2D eigenvalue weighted by atomic mass is 16.5. The molecule has 0 saturated carbocycles. The lowest BCUT2D eigenvalue weighted by Gasteiger charge is -2.37. The lowest BCUT2D eigenvalue weighted by Crippen LogP contribution is -2.51. The second kappa shape index (κ2) is 10.2. The standard InChI is InChI=1S/C35H29N3O5/c1-42-27-18-16-22(20-28(27)43-2)32(39)30-31(33(40)36-23-11-4-3-5-12-23)38-26-15-9-6-10-21(26)17-19-29(38)35(30)24-13-7-8-14-25(24)37-34(35)41/h3-20,29-31H,1-2H3,(H,36,40)(H,37,41)/t29-,30+,31+,35-/m0/s1.